The van der Waals surface area contributed by atoms with Crippen LogP contribution >= 0.6 is 11.8 Å². The van der Waals surface area contributed by atoms with Crippen molar-refractivity contribution in [3.63, 3.8) is 0 Å². The minimum atomic E-state index is -0.463. The lowest BCUT2D eigenvalue weighted by Crippen LogP contribution is -2.54. The number of hydrogen-bond acceptors (Lipinski definition) is 6. The second kappa shape index (κ2) is 6.99. The first-order valence-corrected chi connectivity index (χ1v) is 10.6. The number of thioether (sulfide) groups is 1. The summed E-state index contributed by atoms with van der Waals surface area (Å²) >= 11 is 1.74. The molecule has 1 N–H and O–H groups in total. The Kier molecular flexibility index (Phi) is 4.77. The van der Waals surface area contributed by atoms with Crippen molar-refractivity contribution in [2.45, 2.75) is 50.7 Å². The molecule has 3 heterocycles. The van der Waals surface area contributed by atoms with E-state index in [1.165, 1.54) is 10.5 Å². The highest BCUT2D eigenvalue weighted by molar-refractivity contribution is 8.00. The van der Waals surface area contributed by atoms with Crippen LogP contribution in [0.2, 0.25) is 0 Å². The summed E-state index contributed by atoms with van der Waals surface area (Å²) in [4.78, 5) is 29.1. The Hall–Kier alpha value is -2.22. The molecule has 1 aromatic carbocycles. The van der Waals surface area contributed by atoms with E-state index in [1.54, 1.807) is 16.7 Å². The molecule has 0 bridgehead atoms. The lowest BCUT2D eigenvalue weighted by Gasteiger charge is -2.40. The number of benzene rings is 1. The van der Waals surface area contributed by atoms with Crippen LogP contribution in [0.5, 0.6) is 0 Å². The molecule has 0 aromatic heterocycles. The van der Waals surface area contributed by atoms with E-state index < -0.39 is 5.60 Å². The van der Waals surface area contributed by atoms with Gasteiger partial charge < -0.3 is 14.5 Å². The van der Waals surface area contributed by atoms with Gasteiger partial charge in [-0.2, -0.15) is 5.10 Å². The van der Waals surface area contributed by atoms with Crippen LogP contribution in [0, 0.1) is 5.92 Å². The molecule has 0 aliphatic carbocycles. The van der Waals surface area contributed by atoms with E-state index in [0.717, 1.165) is 36.8 Å². The zero-order valence-corrected chi connectivity index (χ0v) is 17.5. The number of hydrogen-bond donors (Lipinski definition) is 1. The number of ether oxygens (including phenoxy) is 1. The lowest BCUT2D eigenvalue weighted by atomic mass is 9.92. The zero-order chi connectivity index (χ0) is 20.1. The zero-order valence-electron chi connectivity index (χ0n) is 16.7. The molecule has 3 aliphatic heterocycles. The van der Waals surface area contributed by atoms with Crippen LogP contribution in [0.1, 0.15) is 33.3 Å². The highest BCUT2D eigenvalue weighted by atomic mass is 32.2. The van der Waals surface area contributed by atoms with Crippen molar-refractivity contribution in [3.05, 3.63) is 23.8 Å². The molecule has 1 unspecified atom stereocenters. The van der Waals surface area contributed by atoms with Crippen LogP contribution in [0.25, 0.3) is 0 Å². The molecule has 150 valence electrons. The van der Waals surface area contributed by atoms with Crippen molar-refractivity contribution in [1.29, 1.82) is 0 Å². The largest absolute Gasteiger partial charge is 0.444 e. The normalized spacial score (nSPS) is 21.9. The smallest absolute Gasteiger partial charge is 0.410 e. The number of anilines is 1. The average molecular weight is 403 g/mol. The summed E-state index contributed by atoms with van der Waals surface area (Å²) in [6.45, 7) is 8.99. The van der Waals surface area contributed by atoms with Crippen LogP contribution in [-0.2, 0) is 16.0 Å². The maximum Gasteiger partial charge on any atom is 0.410 e. The van der Waals surface area contributed by atoms with Crippen molar-refractivity contribution in [1.82, 2.24) is 10.3 Å². The Morgan fingerprint density at radius 3 is 2.82 bits per heavy atom. The summed E-state index contributed by atoms with van der Waals surface area (Å²) in [5.74, 6) is 1.99. The highest BCUT2D eigenvalue weighted by Crippen LogP contribution is 2.39. The van der Waals surface area contributed by atoms with Crippen molar-refractivity contribution < 1.29 is 14.3 Å². The summed E-state index contributed by atoms with van der Waals surface area (Å²) in [7, 11) is 0. The Labute approximate surface area is 169 Å². The van der Waals surface area contributed by atoms with E-state index >= 15 is 0 Å². The predicted octanol–water partition coefficient (Wildman–Crippen LogP) is 2.84. The summed E-state index contributed by atoms with van der Waals surface area (Å²) in [6, 6.07) is 6.19. The highest BCUT2D eigenvalue weighted by Gasteiger charge is 2.36. The van der Waals surface area contributed by atoms with Crippen molar-refractivity contribution in [2.24, 2.45) is 11.0 Å². The fourth-order valence-corrected chi connectivity index (χ4v) is 4.67. The van der Waals surface area contributed by atoms with Crippen LogP contribution in [0.15, 0.2) is 28.2 Å². The van der Waals surface area contributed by atoms with E-state index in [9.17, 15) is 9.59 Å². The Morgan fingerprint density at radius 1 is 1.36 bits per heavy atom. The number of amides is 2. The lowest BCUT2D eigenvalue weighted by molar-refractivity contribution is -0.122. The van der Waals surface area contributed by atoms with Crippen LogP contribution < -0.4 is 10.3 Å². The standard InChI is InChI=1S/C20H26N4O3S/c1-12-18(25)22-21-17-11-28-16-6-5-13(8-15(16)24(12)17)7-14-9-23(10-14)19(26)27-20(2,3)4/h5-6,8,12,14H,7,9-11H2,1-4H3,(H,22,25). The van der Waals surface area contributed by atoms with E-state index in [-0.39, 0.29) is 18.0 Å². The number of nitrogens with one attached hydrogen (secondary N) is 1. The van der Waals surface area contributed by atoms with Crippen LogP contribution in [0.3, 0.4) is 0 Å². The molecule has 7 nitrogen and oxygen atoms in total. The number of amidine groups is 1. The minimum Gasteiger partial charge on any atom is -0.444 e. The van der Waals surface area contributed by atoms with Gasteiger partial charge in [-0.1, -0.05) is 6.07 Å². The van der Waals surface area contributed by atoms with Crippen molar-refractivity contribution >= 4 is 35.3 Å². The number of rotatable bonds is 2. The van der Waals surface area contributed by atoms with E-state index in [4.69, 9.17) is 4.74 Å². The third-order valence-electron chi connectivity index (χ3n) is 5.11. The molecule has 3 aliphatic rings. The average Bonchev–Trinajstić information content (AvgIpc) is 2.58. The molecule has 0 radical (unpaired) electrons. The van der Waals surface area contributed by atoms with Crippen molar-refractivity contribution in [3.8, 4) is 0 Å². The van der Waals surface area contributed by atoms with Crippen LogP contribution in [-0.4, -0.2) is 53.2 Å². The topological polar surface area (TPSA) is 74.2 Å². The number of fused-ring (bicyclic) bond motifs is 3. The minimum absolute atomic E-state index is 0.0843. The predicted molar refractivity (Wildman–Crippen MR) is 110 cm³/mol. The van der Waals surface area contributed by atoms with Gasteiger partial charge in [0.25, 0.3) is 5.91 Å². The van der Waals surface area contributed by atoms with Crippen LogP contribution in [0.4, 0.5) is 10.5 Å². The fourth-order valence-electron chi connectivity index (χ4n) is 3.71. The van der Waals surface area contributed by atoms with Gasteiger partial charge in [-0.05, 0) is 57.7 Å². The van der Waals surface area contributed by atoms with Gasteiger partial charge in [0.1, 0.15) is 17.5 Å². The molecule has 2 amide bonds. The van der Waals surface area contributed by atoms with Gasteiger partial charge >= 0.3 is 6.09 Å². The molecule has 8 heteroatoms. The molecule has 1 aromatic rings. The quantitative estimate of drug-likeness (QED) is 0.823. The van der Waals surface area contributed by atoms with E-state index in [0.29, 0.717) is 5.92 Å². The van der Waals surface area contributed by atoms with Crippen molar-refractivity contribution in [2.75, 3.05) is 23.7 Å². The monoisotopic (exact) mass is 402 g/mol. The number of hydrazone groups is 1. The second-order valence-electron chi connectivity index (χ2n) is 8.60. The third-order valence-corrected chi connectivity index (χ3v) is 6.17. The molecular weight excluding hydrogens is 376 g/mol. The van der Waals surface area contributed by atoms with Gasteiger partial charge in [0.15, 0.2) is 0 Å². The van der Waals surface area contributed by atoms with Gasteiger partial charge in [-0.3, -0.25) is 4.79 Å². The Bertz CT molecular complexity index is 842. The molecule has 1 atom stereocenters. The first-order chi connectivity index (χ1) is 13.2. The van der Waals surface area contributed by atoms with E-state index in [2.05, 4.69) is 28.7 Å². The summed E-state index contributed by atoms with van der Waals surface area (Å²) in [5.41, 5.74) is 4.41. The number of nitrogens with zero attached hydrogens (tertiary/aromatic N) is 3. The molecule has 1 saturated heterocycles. The number of likely N-dealkylation sites (tertiary alicyclic amines) is 1. The fraction of sp³-hybridized carbons (Fsp3) is 0.550. The molecule has 1 fully saturated rings. The SMILES string of the molecule is CC1C(=O)NN=C2CSc3ccc(CC4CN(C(=O)OC(C)(C)C)C4)cc3N21. The van der Waals surface area contributed by atoms with Gasteiger partial charge in [0.2, 0.25) is 0 Å². The van der Waals surface area contributed by atoms with E-state index in [1.807, 2.05) is 32.6 Å². The number of carbonyl (C=O) groups excluding carboxylic acids is 2. The summed E-state index contributed by atoms with van der Waals surface area (Å²) in [5, 5.41) is 4.22. The summed E-state index contributed by atoms with van der Waals surface area (Å²) < 4.78 is 5.42. The molecular formula is C20H26N4O3S. The molecule has 0 spiro atoms. The van der Waals surface area contributed by atoms with Gasteiger partial charge in [0.05, 0.1) is 11.4 Å². The molecule has 28 heavy (non-hydrogen) atoms. The number of carbonyl (C=O) groups is 2. The second-order valence-corrected chi connectivity index (χ2v) is 9.61. The molecule has 0 saturated carbocycles. The van der Waals surface area contributed by atoms with Gasteiger partial charge in [0, 0.05) is 18.0 Å². The maximum absolute atomic E-state index is 12.1. The Morgan fingerprint density at radius 2 is 2.11 bits per heavy atom. The maximum atomic E-state index is 12.1. The van der Waals surface area contributed by atoms with Gasteiger partial charge in [-0.25, -0.2) is 10.2 Å². The first kappa shape index (κ1) is 19.1. The van der Waals surface area contributed by atoms with Gasteiger partial charge in [-0.15, -0.1) is 11.8 Å². The summed E-state index contributed by atoms with van der Waals surface area (Å²) in [6.07, 6.45) is 0.664. The first-order valence-electron chi connectivity index (χ1n) is 9.60. The third kappa shape index (κ3) is 3.70. The molecule has 4 rings (SSSR count). The Balaban J connectivity index is 1.43.